The molecule has 1 aliphatic heterocycles. The summed E-state index contributed by atoms with van der Waals surface area (Å²) in [5, 5.41) is 15.4. The number of carbonyl (C=O) groups excluding carboxylic acids is 1. The number of rotatable bonds is 3. The largest absolute Gasteiger partial charge is 0.392 e. The molecule has 0 fully saturated rings. The van der Waals surface area contributed by atoms with Gasteiger partial charge in [0.1, 0.15) is 0 Å². The summed E-state index contributed by atoms with van der Waals surface area (Å²) in [7, 11) is 0. The number of anilines is 2. The first-order chi connectivity index (χ1) is 9.78. The van der Waals surface area contributed by atoms with E-state index in [2.05, 4.69) is 10.6 Å². The third-order valence-electron chi connectivity index (χ3n) is 3.51. The number of benzene rings is 2. The summed E-state index contributed by atoms with van der Waals surface area (Å²) in [6, 6.07) is 12.9. The van der Waals surface area contributed by atoms with Crippen LogP contribution in [0.2, 0.25) is 0 Å². The minimum absolute atomic E-state index is 0.0927. The Labute approximate surface area is 117 Å². The van der Waals surface area contributed by atoms with Crippen LogP contribution in [0.25, 0.3) is 0 Å². The molecule has 102 valence electrons. The number of aliphatic hydroxyl groups is 1. The van der Waals surface area contributed by atoms with E-state index in [1.54, 1.807) is 12.1 Å². The lowest BCUT2D eigenvalue weighted by Gasteiger charge is -2.10. The van der Waals surface area contributed by atoms with Gasteiger partial charge in [0.2, 0.25) is 0 Å². The van der Waals surface area contributed by atoms with E-state index in [4.69, 9.17) is 0 Å². The van der Waals surface area contributed by atoms with E-state index in [1.165, 1.54) is 5.56 Å². The number of para-hydroxylation sites is 1. The van der Waals surface area contributed by atoms with Crippen molar-refractivity contribution in [1.29, 1.82) is 0 Å². The van der Waals surface area contributed by atoms with Crippen molar-refractivity contribution in [3.8, 4) is 0 Å². The van der Waals surface area contributed by atoms with Crippen LogP contribution in [0, 0.1) is 0 Å². The molecule has 4 nitrogen and oxygen atoms in total. The molecule has 3 rings (SSSR count). The van der Waals surface area contributed by atoms with Crippen LogP contribution in [0.5, 0.6) is 0 Å². The summed E-state index contributed by atoms with van der Waals surface area (Å²) in [5.74, 6) is -0.152. The molecule has 0 aliphatic carbocycles. The predicted octanol–water partition coefficient (Wildman–Crippen LogP) is 2.40. The van der Waals surface area contributed by atoms with Gasteiger partial charge in [-0.15, -0.1) is 0 Å². The second kappa shape index (κ2) is 5.35. The highest BCUT2D eigenvalue weighted by Gasteiger charge is 2.14. The number of hydrogen-bond donors (Lipinski definition) is 3. The summed E-state index contributed by atoms with van der Waals surface area (Å²) in [6.07, 6.45) is 0.948. The maximum Gasteiger partial charge on any atom is 0.255 e. The van der Waals surface area contributed by atoms with E-state index in [0.717, 1.165) is 18.7 Å². The monoisotopic (exact) mass is 268 g/mol. The minimum Gasteiger partial charge on any atom is -0.392 e. The summed E-state index contributed by atoms with van der Waals surface area (Å²) in [6.45, 7) is 0.832. The van der Waals surface area contributed by atoms with Crippen LogP contribution in [0.4, 0.5) is 11.4 Å². The Hall–Kier alpha value is -2.33. The van der Waals surface area contributed by atoms with Gasteiger partial charge in [-0.05, 0) is 36.2 Å². The van der Waals surface area contributed by atoms with Gasteiger partial charge in [-0.3, -0.25) is 4.79 Å². The molecule has 3 N–H and O–H groups in total. The van der Waals surface area contributed by atoms with Crippen LogP contribution in [-0.4, -0.2) is 17.6 Å². The normalized spacial score (nSPS) is 12.7. The van der Waals surface area contributed by atoms with E-state index >= 15 is 0 Å². The van der Waals surface area contributed by atoms with Gasteiger partial charge in [0.25, 0.3) is 5.91 Å². The maximum atomic E-state index is 12.3. The molecular weight excluding hydrogens is 252 g/mol. The highest BCUT2D eigenvalue weighted by Crippen LogP contribution is 2.24. The fraction of sp³-hybridized carbons (Fsp3) is 0.188. The zero-order chi connectivity index (χ0) is 13.9. The van der Waals surface area contributed by atoms with Gasteiger partial charge in [-0.2, -0.15) is 0 Å². The van der Waals surface area contributed by atoms with Gasteiger partial charge >= 0.3 is 0 Å². The van der Waals surface area contributed by atoms with Crippen molar-refractivity contribution in [1.82, 2.24) is 0 Å². The van der Waals surface area contributed by atoms with E-state index < -0.39 is 0 Å². The minimum atomic E-state index is -0.152. The third-order valence-corrected chi connectivity index (χ3v) is 3.51. The average molecular weight is 268 g/mol. The second-order valence-corrected chi connectivity index (χ2v) is 4.82. The van der Waals surface area contributed by atoms with Crippen LogP contribution >= 0.6 is 0 Å². The first-order valence-corrected chi connectivity index (χ1v) is 6.65. The zero-order valence-corrected chi connectivity index (χ0v) is 11.0. The molecule has 1 heterocycles. The molecule has 0 saturated carbocycles. The Morgan fingerprint density at radius 3 is 2.95 bits per heavy atom. The molecule has 1 amide bonds. The molecule has 0 atom stereocenters. The number of hydrogen-bond acceptors (Lipinski definition) is 3. The second-order valence-electron chi connectivity index (χ2n) is 4.82. The van der Waals surface area contributed by atoms with Gasteiger partial charge in [0.15, 0.2) is 0 Å². The first kappa shape index (κ1) is 12.7. The summed E-state index contributed by atoms with van der Waals surface area (Å²) in [5.41, 5.74) is 4.29. The van der Waals surface area contributed by atoms with Gasteiger partial charge < -0.3 is 15.7 Å². The van der Waals surface area contributed by atoms with Gasteiger partial charge in [-0.1, -0.05) is 18.2 Å². The van der Waals surface area contributed by atoms with Crippen molar-refractivity contribution in [2.75, 3.05) is 17.2 Å². The molecule has 0 saturated heterocycles. The standard InChI is InChI=1S/C16H16N2O2/c19-10-13-3-1-2-4-15(13)18-16(20)12-5-6-14-11(9-12)7-8-17-14/h1-6,9,17,19H,7-8,10H2,(H,18,20). The van der Waals surface area contributed by atoms with Crippen molar-refractivity contribution in [3.63, 3.8) is 0 Å². The molecule has 4 heteroatoms. The number of aliphatic hydroxyl groups excluding tert-OH is 1. The molecule has 0 spiro atoms. The summed E-state index contributed by atoms with van der Waals surface area (Å²) in [4.78, 5) is 12.3. The Kier molecular flexibility index (Phi) is 3.39. The number of amides is 1. The topological polar surface area (TPSA) is 61.4 Å². The van der Waals surface area contributed by atoms with Crippen LogP contribution in [0.1, 0.15) is 21.5 Å². The van der Waals surface area contributed by atoms with Gasteiger partial charge in [-0.25, -0.2) is 0 Å². The lowest BCUT2D eigenvalue weighted by atomic mass is 10.1. The van der Waals surface area contributed by atoms with Gasteiger partial charge in [0.05, 0.1) is 6.61 Å². The SMILES string of the molecule is O=C(Nc1ccccc1CO)c1ccc2c(c1)CCN2. The number of carbonyl (C=O) groups is 1. The molecule has 1 aliphatic rings. The lowest BCUT2D eigenvalue weighted by molar-refractivity contribution is 0.102. The number of fused-ring (bicyclic) bond motifs is 1. The first-order valence-electron chi connectivity index (χ1n) is 6.65. The van der Waals surface area contributed by atoms with Crippen LogP contribution < -0.4 is 10.6 Å². The van der Waals surface area contributed by atoms with E-state index in [9.17, 15) is 9.90 Å². The van der Waals surface area contributed by atoms with Crippen molar-refractivity contribution in [2.45, 2.75) is 13.0 Å². The van der Waals surface area contributed by atoms with Crippen molar-refractivity contribution in [3.05, 3.63) is 59.2 Å². The van der Waals surface area contributed by atoms with Crippen molar-refractivity contribution < 1.29 is 9.90 Å². The highest BCUT2D eigenvalue weighted by atomic mass is 16.3. The molecular formula is C16H16N2O2. The van der Waals surface area contributed by atoms with Gasteiger partial charge in [0, 0.05) is 29.0 Å². The quantitative estimate of drug-likeness (QED) is 0.801. The molecule has 0 bridgehead atoms. The summed E-state index contributed by atoms with van der Waals surface area (Å²) >= 11 is 0. The van der Waals surface area contributed by atoms with Crippen LogP contribution in [0.3, 0.4) is 0 Å². The van der Waals surface area contributed by atoms with Crippen LogP contribution in [0.15, 0.2) is 42.5 Å². The third kappa shape index (κ3) is 2.38. The van der Waals surface area contributed by atoms with Crippen molar-refractivity contribution >= 4 is 17.3 Å². The Bertz CT molecular complexity index is 653. The molecule has 0 aromatic heterocycles. The molecule has 2 aromatic rings. The molecule has 0 unspecified atom stereocenters. The smallest absolute Gasteiger partial charge is 0.255 e. The zero-order valence-electron chi connectivity index (χ0n) is 11.0. The molecule has 20 heavy (non-hydrogen) atoms. The highest BCUT2D eigenvalue weighted by molar-refractivity contribution is 6.05. The van der Waals surface area contributed by atoms with E-state index in [0.29, 0.717) is 16.8 Å². The van der Waals surface area contributed by atoms with Crippen molar-refractivity contribution in [2.24, 2.45) is 0 Å². The Morgan fingerprint density at radius 1 is 1.25 bits per heavy atom. The summed E-state index contributed by atoms with van der Waals surface area (Å²) < 4.78 is 0. The fourth-order valence-electron chi connectivity index (χ4n) is 2.42. The Morgan fingerprint density at radius 2 is 2.10 bits per heavy atom. The Balaban J connectivity index is 1.83. The molecule has 2 aromatic carbocycles. The maximum absolute atomic E-state index is 12.3. The van der Waals surface area contributed by atoms with E-state index in [1.807, 2.05) is 30.3 Å². The fourth-order valence-corrected chi connectivity index (χ4v) is 2.42. The predicted molar refractivity (Wildman–Crippen MR) is 79.0 cm³/mol. The molecule has 0 radical (unpaired) electrons. The van der Waals surface area contributed by atoms with E-state index in [-0.39, 0.29) is 12.5 Å². The average Bonchev–Trinajstić information content (AvgIpc) is 2.95. The number of nitrogens with one attached hydrogen (secondary N) is 2. The lowest BCUT2D eigenvalue weighted by Crippen LogP contribution is -2.13. The van der Waals surface area contributed by atoms with Crippen LogP contribution in [-0.2, 0) is 13.0 Å².